The molecule has 3 rings (SSSR count). The van der Waals surface area contributed by atoms with E-state index in [1.807, 2.05) is 24.3 Å². The molecule has 28 heavy (non-hydrogen) atoms. The number of carbonyl (C=O) groups excluding carboxylic acids is 1. The maximum absolute atomic E-state index is 12.7. The topological polar surface area (TPSA) is 78.9 Å². The summed E-state index contributed by atoms with van der Waals surface area (Å²) in [6, 6.07) is 7.59. The molecular weight excluding hydrogens is 356 g/mol. The van der Waals surface area contributed by atoms with E-state index in [0.29, 0.717) is 17.9 Å². The van der Waals surface area contributed by atoms with Crippen molar-refractivity contribution in [1.29, 1.82) is 0 Å². The summed E-state index contributed by atoms with van der Waals surface area (Å²) in [5, 5.41) is 12.1. The molecule has 0 aromatic heterocycles. The highest BCUT2D eigenvalue weighted by molar-refractivity contribution is 5.94. The van der Waals surface area contributed by atoms with Gasteiger partial charge in [-0.3, -0.25) is 9.59 Å². The molecule has 6 nitrogen and oxygen atoms in total. The first-order valence-corrected chi connectivity index (χ1v) is 10.6. The fourth-order valence-electron chi connectivity index (χ4n) is 4.29. The third-order valence-corrected chi connectivity index (χ3v) is 5.89. The Morgan fingerprint density at radius 1 is 1.11 bits per heavy atom. The number of carboxylic acids is 1. The van der Waals surface area contributed by atoms with Gasteiger partial charge in [-0.05, 0) is 43.0 Å². The van der Waals surface area contributed by atoms with Gasteiger partial charge in [0.1, 0.15) is 0 Å². The van der Waals surface area contributed by atoms with Crippen molar-refractivity contribution >= 4 is 17.6 Å². The molecule has 1 aromatic rings. The van der Waals surface area contributed by atoms with Crippen LogP contribution in [-0.2, 0) is 9.53 Å². The molecular formula is C22H32N2O4. The van der Waals surface area contributed by atoms with E-state index in [1.54, 1.807) is 0 Å². The number of ether oxygens (including phenoxy) is 1. The van der Waals surface area contributed by atoms with Gasteiger partial charge in [-0.1, -0.05) is 32.1 Å². The lowest BCUT2D eigenvalue weighted by molar-refractivity contribution is -0.137. The summed E-state index contributed by atoms with van der Waals surface area (Å²) in [5.74, 6) is -0.325. The summed E-state index contributed by atoms with van der Waals surface area (Å²) >= 11 is 0. The zero-order valence-corrected chi connectivity index (χ0v) is 16.6. The molecule has 0 spiro atoms. The minimum Gasteiger partial charge on any atom is -0.481 e. The first-order valence-electron chi connectivity index (χ1n) is 10.6. The van der Waals surface area contributed by atoms with Gasteiger partial charge in [-0.15, -0.1) is 0 Å². The van der Waals surface area contributed by atoms with Gasteiger partial charge >= 0.3 is 5.97 Å². The van der Waals surface area contributed by atoms with Crippen LogP contribution in [0, 0.1) is 5.92 Å². The molecule has 1 unspecified atom stereocenters. The van der Waals surface area contributed by atoms with Crippen molar-refractivity contribution in [1.82, 2.24) is 5.32 Å². The van der Waals surface area contributed by atoms with Crippen molar-refractivity contribution in [2.45, 2.75) is 57.4 Å². The number of rotatable bonds is 8. The van der Waals surface area contributed by atoms with Gasteiger partial charge in [0.05, 0.1) is 13.2 Å². The summed E-state index contributed by atoms with van der Waals surface area (Å²) in [6.07, 6.45) is 7.61. The zero-order chi connectivity index (χ0) is 19.8. The molecule has 154 valence electrons. The van der Waals surface area contributed by atoms with Crippen molar-refractivity contribution in [3.63, 3.8) is 0 Å². The van der Waals surface area contributed by atoms with E-state index in [9.17, 15) is 9.59 Å². The predicted octanol–water partition coefficient (Wildman–Crippen LogP) is 3.46. The van der Waals surface area contributed by atoms with E-state index in [2.05, 4.69) is 10.2 Å². The number of carbonyl (C=O) groups is 2. The number of nitrogens with zero attached hydrogens (tertiary/aromatic N) is 1. The third-order valence-electron chi connectivity index (χ3n) is 5.89. The lowest BCUT2D eigenvalue weighted by atomic mass is 9.84. The normalized spacial score (nSPS) is 19.2. The van der Waals surface area contributed by atoms with Gasteiger partial charge in [0.2, 0.25) is 0 Å². The summed E-state index contributed by atoms with van der Waals surface area (Å²) in [6.45, 7) is 3.19. The Bertz CT molecular complexity index is 634. The van der Waals surface area contributed by atoms with E-state index >= 15 is 0 Å². The highest BCUT2D eigenvalue weighted by Gasteiger charge is 2.22. The number of amides is 1. The van der Waals surface area contributed by atoms with Gasteiger partial charge in [-0.2, -0.15) is 0 Å². The number of anilines is 1. The third kappa shape index (κ3) is 6.23. The van der Waals surface area contributed by atoms with Gasteiger partial charge < -0.3 is 20.1 Å². The van der Waals surface area contributed by atoms with E-state index in [4.69, 9.17) is 9.84 Å². The van der Waals surface area contributed by atoms with Crippen LogP contribution in [0.15, 0.2) is 24.3 Å². The SMILES string of the molecule is O=C(O)CCC(CC1CCCCC1)NC(=O)c1ccc(N2CCOCC2)cc1. The van der Waals surface area contributed by atoms with E-state index < -0.39 is 5.97 Å². The largest absolute Gasteiger partial charge is 0.481 e. The van der Waals surface area contributed by atoms with Crippen LogP contribution in [0.25, 0.3) is 0 Å². The number of nitrogens with one attached hydrogen (secondary N) is 1. The highest BCUT2D eigenvalue weighted by Crippen LogP contribution is 2.28. The monoisotopic (exact) mass is 388 g/mol. The Labute approximate surface area is 167 Å². The average Bonchev–Trinajstić information content (AvgIpc) is 2.73. The van der Waals surface area contributed by atoms with Gasteiger partial charge in [0.25, 0.3) is 5.91 Å². The van der Waals surface area contributed by atoms with Crippen LogP contribution < -0.4 is 10.2 Å². The summed E-state index contributed by atoms with van der Waals surface area (Å²) < 4.78 is 5.38. The standard InChI is InChI=1S/C22H32N2O4/c25-21(26)11-8-19(16-17-4-2-1-3-5-17)23-22(27)18-6-9-20(10-7-18)24-12-14-28-15-13-24/h6-7,9-10,17,19H,1-5,8,11-16H2,(H,23,27)(H,25,26). The lowest BCUT2D eigenvalue weighted by Gasteiger charge is -2.29. The molecule has 1 amide bonds. The summed E-state index contributed by atoms with van der Waals surface area (Å²) in [7, 11) is 0. The number of hydrogen-bond acceptors (Lipinski definition) is 4. The van der Waals surface area contributed by atoms with Gasteiger partial charge in [0.15, 0.2) is 0 Å². The molecule has 1 saturated heterocycles. The Morgan fingerprint density at radius 2 is 1.79 bits per heavy atom. The Kier molecular flexibility index (Phi) is 7.71. The maximum atomic E-state index is 12.7. The molecule has 2 N–H and O–H groups in total. The van der Waals surface area contributed by atoms with Crippen LogP contribution >= 0.6 is 0 Å². The number of aliphatic carboxylic acids is 1. The first-order chi connectivity index (χ1) is 13.6. The Balaban J connectivity index is 1.58. The van der Waals surface area contributed by atoms with E-state index in [-0.39, 0.29) is 18.4 Å². The smallest absolute Gasteiger partial charge is 0.303 e. The van der Waals surface area contributed by atoms with Crippen molar-refractivity contribution < 1.29 is 19.4 Å². The predicted molar refractivity (Wildman–Crippen MR) is 109 cm³/mol. The number of hydrogen-bond donors (Lipinski definition) is 2. The molecule has 1 atom stereocenters. The summed E-state index contributed by atoms with van der Waals surface area (Å²) in [5.41, 5.74) is 1.73. The quantitative estimate of drug-likeness (QED) is 0.713. The van der Waals surface area contributed by atoms with Crippen molar-refractivity contribution in [3.8, 4) is 0 Å². The van der Waals surface area contributed by atoms with Crippen molar-refractivity contribution in [2.75, 3.05) is 31.2 Å². The van der Waals surface area contributed by atoms with E-state index in [1.165, 1.54) is 32.1 Å². The molecule has 1 aliphatic heterocycles. The fourth-order valence-corrected chi connectivity index (χ4v) is 4.29. The van der Waals surface area contributed by atoms with Crippen molar-refractivity contribution in [3.05, 3.63) is 29.8 Å². The van der Waals surface area contributed by atoms with Crippen LogP contribution in [0.3, 0.4) is 0 Å². The Morgan fingerprint density at radius 3 is 2.43 bits per heavy atom. The van der Waals surface area contributed by atoms with Crippen LogP contribution in [0.4, 0.5) is 5.69 Å². The van der Waals surface area contributed by atoms with Crippen LogP contribution in [0.2, 0.25) is 0 Å². The van der Waals surface area contributed by atoms with Crippen LogP contribution in [0.1, 0.15) is 61.7 Å². The molecule has 0 radical (unpaired) electrons. The zero-order valence-electron chi connectivity index (χ0n) is 16.6. The second-order valence-electron chi connectivity index (χ2n) is 7.99. The lowest BCUT2D eigenvalue weighted by Crippen LogP contribution is -2.37. The fraction of sp³-hybridized carbons (Fsp3) is 0.636. The number of morpholine rings is 1. The highest BCUT2D eigenvalue weighted by atomic mass is 16.5. The maximum Gasteiger partial charge on any atom is 0.303 e. The molecule has 1 saturated carbocycles. The number of carboxylic acid groups (broad SMARTS) is 1. The molecule has 1 aliphatic carbocycles. The second-order valence-corrected chi connectivity index (χ2v) is 7.99. The van der Waals surface area contributed by atoms with Crippen LogP contribution in [-0.4, -0.2) is 49.3 Å². The average molecular weight is 389 g/mol. The second kappa shape index (κ2) is 10.5. The molecule has 1 aromatic carbocycles. The van der Waals surface area contributed by atoms with Crippen LogP contribution in [0.5, 0.6) is 0 Å². The molecule has 0 bridgehead atoms. The minimum atomic E-state index is -0.808. The molecule has 2 fully saturated rings. The van der Waals surface area contributed by atoms with Crippen molar-refractivity contribution in [2.24, 2.45) is 5.92 Å². The number of benzene rings is 1. The molecule has 1 heterocycles. The summed E-state index contributed by atoms with van der Waals surface area (Å²) in [4.78, 5) is 26.0. The van der Waals surface area contributed by atoms with Gasteiger partial charge in [0, 0.05) is 36.8 Å². The first kappa shape index (κ1) is 20.6. The molecule has 2 aliphatic rings. The Hall–Kier alpha value is -2.08. The van der Waals surface area contributed by atoms with E-state index in [0.717, 1.165) is 38.4 Å². The molecule has 6 heteroatoms. The minimum absolute atomic E-state index is 0.0781. The van der Waals surface area contributed by atoms with Gasteiger partial charge in [-0.25, -0.2) is 0 Å².